The van der Waals surface area contributed by atoms with Crippen LogP contribution in [-0.4, -0.2) is 41.9 Å². The maximum atomic E-state index is 12.5. The first kappa shape index (κ1) is 17.6. The second kappa shape index (κ2) is 7.43. The maximum absolute atomic E-state index is 12.5. The van der Waals surface area contributed by atoms with E-state index in [2.05, 4.69) is 5.32 Å². The van der Waals surface area contributed by atoms with Gasteiger partial charge in [0.2, 0.25) is 5.91 Å². The summed E-state index contributed by atoms with van der Waals surface area (Å²) in [6, 6.07) is 19.3. The Morgan fingerprint density at radius 2 is 1.67 bits per heavy atom. The number of piperidine rings is 1. The van der Waals surface area contributed by atoms with Crippen LogP contribution in [0.2, 0.25) is 0 Å². The zero-order valence-corrected chi connectivity index (χ0v) is 15.3. The van der Waals surface area contributed by atoms with Crippen LogP contribution >= 0.6 is 0 Å². The number of nitrogens with one attached hydrogen (secondary N) is 1. The molecule has 2 saturated heterocycles. The quantitative estimate of drug-likeness (QED) is 0.908. The van der Waals surface area contributed by atoms with E-state index in [-0.39, 0.29) is 29.9 Å². The summed E-state index contributed by atoms with van der Waals surface area (Å²) in [6.45, 7) is 1.35. The lowest BCUT2D eigenvalue weighted by Gasteiger charge is -2.39. The van der Waals surface area contributed by atoms with Crippen molar-refractivity contribution in [1.29, 1.82) is 0 Å². The molecule has 1 atom stereocenters. The maximum Gasteiger partial charge on any atom is 0.260 e. The Morgan fingerprint density at radius 1 is 1.04 bits per heavy atom. The van der Waals surface area contributed by atoms with Crippen molar-refractivity contribution in [2.24, 2.45) is 0 Å². The van der Waals surface area contributed by atoms with E-state index in [9.17, 15) is 9.59 Å². The monoisotopic (exact) mass is 364 g/mol. The van der Waals surface area contributed by atoms with Crippen molar-refractivity contribution in [3.8, 4) is 5.75 Å². The highest BCUT2D eigenvalue weighted by molar-refractivity contribution is 5.87. The predicted octanol–water partition coefficient (Wildman–Crippen LogP) is 2.73. The van der Waals surface area contributed by atoms with E-state index in [1.807, 2.05) is 65.6 Å². The SMILES string of the molecule is O=C1NC2(CCN(C(=O)COc3ccccc3)CC2)CC1c1ccccc1. The minimum Gasteiger partial charge on any atom is -0.484 e. The Kier molecular flexibility index (Phi) is 4.84. The average Bonchev–Trinajstić information content (AvgIpc) is 3.04. The molecule has 0 aromatic heterocycles. The van der Waals surface area contributed by atoms with Crippen molar-refractivity contribution in [3.05, 3.63) is 66.2 Å². The average molecular weight is 364 g/mol. The van der Waals surface area contributed by atoms with E-state index in [0.29, 0.717) is 18.8 Å². The molecule has 0 saturated carbocycles. The van der Waals surface area contributed by atoms with Crippen LogP contribution in [0.3, 0.4) is 0 Å². The van der Waals surface area contributed by atoms with Crippen molar-refractivity contribution in [1.82, 2.24) is 10.2 Å². The van der Waals surface area contributed by atoms with Gasteiger partial charge in [-0.1, -0.05) is 48.5 Å². The third-order valence-electron chi connectivity index (χ3n) is 5.68. The summed E-state index contributed by atoms with van der Waals surface area (Å²) < 4.78 is 5.57. The van der Waals surface area contributed by atoms with Crippen LogP contribution in [0.15, 0.2) is 60.7 Å². The van der Waals surface area contributed by atoms with Crippen LogP contribution in [0.1, 0.15) is 30.7 Å². The number of nitrogens with zero attached hydrogens (tertiary/aromatic N) is 1. The standard InChI is InChI=1S/C22H24N2O3/c25-20(16-27-18-9-5-2-6-10-18)24-13-11-22(12-14-24)15-19(21(26)23-22)17-7-3-1-4-8-17/h1-10,19H,11-16H2,(H,23,26). The van der Waals surface area contributed by atoms with Crippen molar-refractivity contribution in [2.45, 2.75) is 30.7 Å². The van der Waals surface area contributed by atoms with Gasteiger partial charge in [0.1, 0.15) is 5.75 Å². The molecule has 1 N–H and O–H groups in total. The molecule has 1 spiro atoms. The van der Waals surface area contributed by atoms with Gasteiger partial charge in [-0.3, -0.25) is 9.59 Å². The highest BCUT2D eigenvalue weighted by Gasteiger charge is 2.46. The Morgan fingerprint density at radius 3 is 2.33 bits per heavy atom. The molecular formula is C22H24N2O3. The second-order valence-corrected chi connectivity index (χ2v) is 7.42. The summed E-state index contributed by atoms with van der Waals surface area (Å²) in [6.07, 6.45) is 2.39. The Labute approximate surface area is 159 Å². The summed E-state index contributed by atoms with van der Waals surface area (Å²) in [7, 11) is 0. The number of carbonyl (C=O) groups excluding carboxylic acids is 2. The lowest BCUT2D eigenvalue weighted by Crippen LogP contribution is -2.52. The topological polar surface area (TPSA) is 58.6 Å². The molecule has 0 radical (unpaired) electrons. The minimum atomic E-state index is -0.186. The van der Waals surface area contributed by atoms with Crippen LogP contribution in [0.25, 0.3) is 0 Å². The second-order valence-electron chi connectivity index (χ2n) is 7.42. The first-order chi connectivity index (χ1) is 13.2. The van der Waals surface area contributed by atoms with E-state index in [1.54, 1.807) is 0 Å². The fourth-order valence-electron chi connectivity index (χ4n) is 4.10. The minimum absolute atomic E-state index is 0.00219. The molecule has 2 aliphatic rings. The van der Waals surface area contributed by atoms with E-state index in [1.165, 1.54) is 0 Å². The normalized spacial score (nSPS) is 21.1. The van der Waals surface area contributed by atoms with Crippen LogP contribution in [0.5, 0.6) is 5.75 Å². The number of hydrogen-bond acceptors (Lipinski definition) is 3. The van der Waals surface area contributed by atoms with E-state index < -0.39 is 0 Å². The van der Waals surface area contributed by atoms with Crippen LogP contribution in [-0.2, 0) is 9.59 Å². The molecule has 4 rings (SSSR count). The number of rotatable bonds is 4. The zero-order valence-electron chi connectivity index (χ0n) is 15.3. The summed E-state index contributed by atoms with van der Waals surface area (Å²) in [5.41, 5.74) is 0.885. The third-order valence-corrected chi connectivity index (χ3v) is 5.68. The van der Waals surface area contributed by atoms with Crippen LogP contribution in [0, 0.1) is 0 Å². The molecule has 2 fully saturated rings. The molecule has 2 aromatic rings. The van der Waals surface area contributed by atoms with Gasteiger partial charge in [0, 0.05) is 18.6 Å². The summed E-state index contributed by atoms with van der Waals surface area (Å²) >= 11 is 0. The summed E-state index contributed by atoms with van der Waals surface area (Å²) in [4.78, 5) is 26.8. The van der Waals surface area contributed by atoms with Gasteiger partial charge >= 0.3 is 0 Å². The number of amides is 2. The van der Waals surface area contributed by atoms with Gasteiger partial charge in [-0.05, 0) is 37.0 Å². The Balaban J connectivity index is 1.32. The fraction of sp³-hybridized carbons (Fsp3) is 0.364. The lowest BCUT2D eigenvalue weighted by atomic mass is 9.82. The molecule has 5 nitrogen and oxygen atoms in total. The van der Waals surface area contributed by atoms with Gasteiger partial charge in [0.05, 0.1) is 5.92 Å². The molecule has 5 heteroatoms. The van der Waals surface area contributed by atoms with Gasteiger partial charge in [-0.15, -0.1) is 0 Å². The van der Waals surface area contributed by atoms with Gasteiger partial charge in [-0.2, -0.15) is 0 Å². The molecule has 140 valence electrons. The molecule has 1 unspecified atom stereocenters. The molecule has 2 aromatic carbocycles. The molecule has 2 aliphatic heterocycles. The van der Waals surface area contributed by atoms with E-state index >= 15 is 0 Å². The molecule has 2 heterocycles. The Bertz CT molecular complexity index is 799. The number of para-hydroxylation sites is 1. The smallest absolute Gasteiger partial charge is 0.260 e. The summed E-state index contributed by atoms with van der Waals surface area (Å²) in [5, 5.41) is 3.23. The Hall–Kier alpha value is -2.82. The van der Waals surface area contributed by atoms with Crippen molar-refractivity contribution >= 4 is 11.8 Å². The van der Waals surface area contributed by atoms with E-state index in [0.717, 1.165) is 24.8 Å². The number of likely N-dealkylation sites (tertiary alicyclic amines) is 1. The van der Waals surface area contributed by atoms with Crippen LogP contribution < -0.4 is 10.1 Å². The summed E-state index contributed by atoms with van der Waals surface area (Å²) in [5.74, 6) is 0.717. The number of benzene rings is 2. The largest absolute Gasteiger partial charge is 0.484 e. The first-order valence-electron chi connectivity index (χ1n) is 9.48. The van der Waals surface area contributed by atoms with Gasteiger partial charge in [0.15, 0.2) is 6.61 Å². The molecule has 2 amide bonds. The molecular weight excluding hydrogens is 340 g/mol. The molecule has 0 aliphatic carbocycles. The molecule has 0 bridgehead atoms. The number of hydrogen-bond donors (Lipinski definition) is 1. The van der Waals surface area contributed by atoms with Crippen molar-refractivity contribution < 1.29 is 14.3 Å². The first-order valence-corrected chi connectivity index (χ1v) is 9.48. The fourth-order valence-corrected chi connectivity index (χ4v) is 4.10. The van der Waals surface area contributed by atoms with Crippen molar-refractivity contribution in [2.75, 3.05) is 19.7 Å². The predicted molar refractivity (Wildman–Crippen MR) is 102 cm³/mol. The third kappa shape index (κ3) is 3.82. The van der Waals surface area contributed by atoms with E-state index in [4.69, 9.17) is 4.74 Å². The number of carbonyl (C=O) groups is 2. The van der Waals surface area contributed by atoms with Gasteiger partial charge < -0.3 is 15.0 Å². The highest BCUT2D eigenvalue weighted by atomic mass is 16.5. The lowest BCUT2D eigenvalue weighted by molar-refractivity contribution is -0.135. The number of ether oxygens (including phenoxy) is 1. The van der Waals surface area contributed by atoms with Gasteiger partial charge in [-0.25, -0.2) is 0 Å². The zero-order chi connectivity index (χ0) is 18.7. The molecule has 27 heavy (non-hydrogen) atoms. The highest BCUT2D eigenvalue weighted by Crippen LogP contribution is 2.39. The van der Waals surface area contributed by atoms with Crippen LogP contribution in [0.4, 0.5) is 0 Å². The van der Waals surface area contributed by atoms with Crippen molar-refractivity contribution in [3.63, 3.8) is 0 Å². The van der Waals surface area contributed by atoms with Gasteiger partial charge in [0.25, 0.3) is 5.91 Å².